The maximum atomic E-state index is 6.48. The first-order valence-corrected chi connectivity index (χ1v) is 7.44. The molecule has 1 unspecified atom stereocenters. The molecule has 100 valence electrons. The van der Waals surface area contributed by atoms with Crippen molar-refractivity contribution in [2.75, 3.05) is 7.11 Å². The van der Waals surface area contributed by atoms with E-state index in [2.05, 4.69) is 15.9 Å². The SMILES string of the molecule is COc1ccc(C(Cl)c2ccc(Cl)cc2Br)cc1Cl. The lowest BCUT2D eigenvalue weighted by Crippen LogP contribution is -1.95. The van der Waals surface area contributed by atoms with Gasteiger partial charge in [-0.3, -0.25) is 0 Å². The van der Waals surface area contributed by atoms with E-state index in [1.54, 1.807) is 19.2 Å². The van der Waals surface area contributed by atoms with Crippen LogP contribution in [0.1, 0.15) is 16.5 Å². The third-order valence-electron chi connectivity index (χ3n) is 2.70. The molecule has 5 heteroatoms. The summed E-state index contributed by atoms with van der Waals surface area (Å²) in [4.78, 5) is 0. The molecule has 1 nitrogen and oxygen atoms in total. The molecule has 0 aliphatic rings. The van der Waals surface area contributed by atoms with Crippen LogP contribution in [0.5, 0.6) is 5.75 Å². The molecule has 0 amide bonds. The third-order valence-corrected chi connectivity index (χ3v) is 4.41. The zero-order valence-electron chi connectivity index (χ0n) is 9.96. The Labute approximate surface area is 135 Å². The highest BCUT2D eigenvalue weighted by Gasteiger charge is 2.15. The van der Waals surface area contributed by atoms with Crippen molar-refractivity contribution in [3.63, 3.8) is 0 Å². The fraction of sp³-hybridized carbons (Fsp3) is 0.143. The van der Waals surface area contributed by atoms with Gasteiger partial charge in [-0.15, -0.1) is 11.6 Å². The normalized spacial score (nSPS) is 12.3. The van der Waals surface area contributed by atoms with Crippen LogP contribution in [-0.2, 0) is 0 Å². The van der Waals surface area contributed by atoms with Gasteiger partial charge in [0.25, 0.3) is 0 Å². The van der Waals surface area contributed by atoms with Gasteiger partial charge in [-0.25, -0.2) is 0 Å². The van der Waals surface area contributed by atoms with E-state index in [1.165, 1.54) is 0 Å². The molecule has 19 heavy (non-hydrogen) atoms. The van der Waals surface area contributed by atoms with Gasteiger partial charge in [-0.05, 0) is 35.4 Å². The van der Waals surface area contributed by atoms with Crippen molar-refractivity contribution >= 4 is 50.7 Å². The highest BCUT2D eigenvalue weighted by Crippen LogP contribution is 2.37. The first kappa shape index (κ1) is 15.0. The topological polar surface area (TPSA) is 9.23 Å². The Kier molecular flexibility index (Phi) is 5.02. The fourth-order valence-corrected chi connectivity index (χ4v) is 3.36. The van der Waals surface area contributed by atoms with Crippen LogP contribution in [0.4, 0.5) is 0 Å². The summed E-state index contributed by atoms with van der Waals surface area (Å²) >= 11 is 22.0. The molecule has 2 aromatic rings. The van der Waals surface area contributed by atoms with E-state index in [4.69, 9.17) is 39.5 Å². The zero-order chi connectivity index (χ0) is 14.0. The summed E-state index contributed by atoms with van der Waals surface area (Å²) in [5.74, 6) is 0.629. The number of ether oxygens (including phenoxy) is 1. The molecule has 0 N–H and O–H groups in total. The van der Waals surface area contributed by atoms with E-state index < -0.39 is 0 Å². The number of rotatable bonds is 3. The minimum atomic E-state index is -0.310. The lowest BCUT2D eigenvalue weighted by atomic mass is 10.0. The summed E-state index contributed by atoms with van der Waals surface area (Å²) in [6, 6.07) is 11.0. The predicted octanol–water partition coefficient (Wildman–Crippen LogP) is 6.09. The second-order valence-corrected chi connectivity index (χ2v) is 6.06. The molecule has 2 aromatic carbocycles. The molecule has 0 aromatic heterocycles. The Hall–Kier alpha value is -0.410. The highest BCUT2D eigenvalue weighted by atomic mass is 79.9. The Morgan fingerprint density at radius 2 is 1.84 bits per heavy atom. The fourth-order valence-electron chi connectivity index (χ4n) is 1.73. The molecule has 0 heterocycles. The van der Waals surface area contributed by atoms with E-state index in [0.29, 0.717) is 15.8 Å². The zero-order valence-corrected chi connectivity index (χ0v) is 13.8. The summed E-state index contributed by atoms with van der Waals surface area (Å²) in [6.07, 6.45) is 0. The molecular formula is C14H10BrCl3O. The summed E-state index contributed by atoms with van der Waals surface area (Å²) in [6.45, 7) is 0. The van der Waals surface area contributed by atoms with Crippen LogP contribution < -0.4 is 4.74 Å². The lowest BCUT2D eigenvalue weighted by molar-refractivity contribution is 0.415. The molecule has 0 fully saturated rings. The number of hydrogen-bond acceptors (Lipinski definition) is 1. The molecule has 0 radical (unpaired) electrons. The van der Waals surface area contributed by atoms with Crippen molar-refractivity contribution in [1.82, 2.24) is 0 Å². The van der Waals surface area contributed by atoms with Crippen LogP contribution in [0.2, 0.25) is 10.0 Å². The second-order valence-electron chi connectivity index (χ2n) is 3.92. The van der Waals surface area contributed by atoms with E-state index in [0.717, 1.165) is 15.6 Å². The van der Waals surface area contributed by atoms with Gasteiger partial charge in [0.2, 0.25) is 0 Å². The number of alkyl halides is 1. The van der Waals surface area contributed by atoms with Crippen LogP contribution >= 0.6 is 50.7 Å². The van der Waals surface area contributed by atoms with Gasteiger partial charge in [0.1, 0.15) is 5.75 Å². The minimum Gasteiger partial charge on any atom is -0.495 e. The summed E-state index contributed by atoms with van der Waals surface area (Å²) in [5.41, 5.74) is 1.84. The number of benzene rings is 2. The summed E-state index contributed by atoms with van der Waals surface area (Å²) in [5, 5.41) is 0.887. The van der Waals surface area contributed by atoms with Gasteiger partial charge in [-0.2, -0.15) is 0 Å². The first-order chi connectivity index (χ1) is 9.02. The molecule has 0 bridgehead atoms. The maximum absolute atomic E-state index is 6.48. The van der Waals surface area contributed by atoms with Crippen LogP contribution in [0.15, 0.2) is 40.9 Å². The van der Waals surface area contributed by atoms with Crippen LogP contribution in [0.3, 0.4) is 0 Å². The van der Waals surface area contributed by atoms with E-state index in [-0.39, 0.29) is 5.38 Å². The van der Waals surface area contributed by atoms with Gasteiger partial charge < -0.3 is 4.74 Å². The first-order valence-electron chi connectivity index (χ1n) is 5.45. The third kappa shape index (κ3) is 3.38. The minimum absolute atomic E-state index is 0.310. The van der Waals surface area contributed by atoms with Crippen molar-refractivity contribution in [3.8, 4) is 5.75 Å². The Bertz CT molecular complexity index is 601. The van der Waals surface area contributed by atoms with Crippen molar-refractivity contribution in [3.05, 3.63) is 62.0 Å². The molecule has 0 spiro atoms. The Balaban J connectivity index is 2.38. The Morgan fingerprint density at radius 3 is 2.42 bits per heavy atom. The quantitative estimate of drug-likeness (QED) is 0.585. The van der Waals surface area contributed by atoms with Crippen molar-refractivity contribution in [2.24, 2.45) is 0 Å². The predicted molar refractivity (Wildman–Crippen MR) is 84.9 cm³/mol. The van der Waals surface area contributed by atoms with Gasteiger partial charge in [0, 0.05) is 9.50 Å². The molecule has 0 saturated heterocycles. The van der Waals surface area contributed by atoms with E-state index in [1.807, 2.05) is 24.3 Å². The standard InChI is InChI=1S/C14H10BrCl3O/c1-19-13-5-2-8(6-12(13)17)14(18)10-4-3-9(16)7-11(10)15/h2-7,14H,1H3. The largest absolute Gasteiger partial charge is 0.495 e. The van der Waals surface area contributed by atoms with Crippen LogP contribution in [0.25, 0.3) is 0 Å². The van der Waals surface area contributed by atoms with Crippen molar-refractivity contribution in [2.45, 2.75) is 5.38 Å². The Morgan fingerprint density at radius 1 is 1.11 bits per heavy atom. The maximum Gasteiger partial charge on any atom is 0.137 e. The monoisotopic (exact) mass is 378 g/mol. The van der Waals surface area contributed by atoms with Gasteiger partial charge >= 0.3 is 0 Å². The average molecular weight is 380 g/mol. The number of methoxy groups -OCH3 is 1. The summed E-state index contributed by atoms with van der Waals surface area (Å²) in [7, 11) is 1.58. The van der Waals surface area contributed by atoms with Gasteiger partial charge in [0.15, 0.2) is 0 Å². The molecule has 0 aliphatic heterocycles. The van der Waals surface area contributed by atoms with Crippen LogP contribution in [0, 0.1) is 0 Å². The van der Waals surface area contributed by atoms with Gasteiger partial charge in [-0.1, -0.05) is 51.3 Å². The van der Waals surface area contributed by atoms with E-state index in [9.17, 15) is 0 Å². The van der Waals surface area contributed by atoms with Crippen LogP contribution in [-0.4, -0.2) is 7.11 Å². The molecule has 0 saturated carbocycles. The smallest absolute Gasteiger partial charge is 0.137 e. The second kappa shape index (κ2) is 6.36. The highest BCUT2D eigenvalue weighted by molar-refractivity contribution is 9.10. The van der Waals surface area contributed by atoms with Crippen molar-refractivity contribution < 1.29 is 4.74 Å². The summed E-state index contributed by atoms with van der Waals surface area (Å²) < 4.78 is 5.99. The van der Waals surface area contributed by atoms with E-state index >= 15 is 0 Å². The molecule has 1 atom stereocenters. The number of hydrogen-bond donors (Lipinski definition) is 0. The number of halogens is 4. The van der Waals surface area contributed by atoms with Gasteiger partial charge in [0.05, 0.1) is 17.5 Å². The van der Waals surface area contributed by atoms with Crippen molar-refractivity contribution in [1.29, 1.82) is 0 Å². The lowest BCUT2D eigenvalue weighted by Gasteiger charge is -2.14. The molecule has 0 aliphatic carbocycles. The molecule has 2 rings (SSSR count). The average Bonchev–Trinajstić information content (AvgIpc) is 2.38. The molecular weight excluding hydrogens is 370 g/mol.